The van der Waals surface area contributed by atoms with Gasteiger partial charge in [-0.3, -0.25) is 9.59 Å². The zero-order chi connectivity index (χ0) is 10.1. The highest BCUT2D eigenvalue weighted by Crippen LogP contribution is 1.78. The first-order valence-electron chi connectivity index (χ1n) is 3.29. The van der Waals surface area contributed by atoms with Crippen molar-refractivity contribution in [3.05, 3.63) is 24.3 Å². The number of hydrogen-bond acceptors (Lipinski definition) is 2. The van der Waals surface area contributed by atoms with Gasteiger partial charge < -0.3 is 11.5 Å². The quantitative estimate of drug-likeness (QED) is 0.575. The molecule has 68 valence electrons. The monoisotopic (exact) mass is 170 g/mol. The van der Waals surface area contributed by atoms with Crippen LogP contribution in [0.15, 0.2) is 24.3 Å². The molecule has 4 heteroatoms. The van der Waals surface area contributed by atoms with E-state index >= 15 is 0 Å². The number of carbonyl (C=O) groups excluding carboxylic acids is 2. The molecule has 0 atom stereocenters. The first-order valence-corrected chi connectivity index (χ1v) is 3.29. The number of hydrogen-bond donors (Lipinski definition) is 2. The third-order valence-corrected chi connectivity index (χ3v) is 0.752. The molecule has 0 aromatic carbocycles. The molecule has 0 bridgehead atoms. The van der Waals surface area contributed by atoms with Crippen LogP contribution in [0.2, 0.25) is 0 Å². The van der Waals surface area contributed by atoms with E-state index in [9.17, 15) is 9.59 Å². The summed E-state index contributed by atoms with van der Waals surface area (Å²) in [5, 5.41) is 0. The number of primary amides is 2. The molecule has 0 aromatic heterocycles. The standard InChI is InChI=1S/2C4H7NO/c1-3(2)4(5)6;1-2-3-4(5)6/h1H2,2H3,(H2,5,6);2-3H,1H3,(H2,5,6). The van der Waals surface area contributed by atoms with Crippen LogP contribution in [0, 0.1) is 0 Å². The highest BCUT2D eigenvalue weighted by Gasteiger charge is 1.86. The van der Waals surface area contributed by atoms with Crippen molar-refractivity contribution in [3.63, 3.8) is 0 Å². The Hall–Kier alpha value is -1.58. The van der Waals surface area contributed by atoms with Crippen molar-refractivity contribution in [2.45, 2.75) is 13.8 Å². The van der Waals surface area contributed by atoms with Gasteiger partial charge in [0.2, 0.25) is 11.8 Å². The smallest absolute Gasteiger partial charge is 0.243 e. The van der Waals surface area contributed by atoms with E-state index in [1.54, 1.807) is 19.9 Å². The summed E-state index contributed by atoms with van der Waals surface area (Å²) < 4.78 is 0. The molecule has 2 amide bonds. The Morgan fingerprint density at radius 3 is 1.67 bits per heavy atom. The van der Waals surface area contributed by atoms with Crippen LogP contribution in [0.3, 0.4) is 0 Å². The van der Waals surface area contributed by atoms with Crippen LogP contribution in [0.4, 0.5) is 0 Å². The third-order valence-electron chi connectivity index (χ3n) is 0.752. The zero-order valence-electron chi connectivity index (χ0n) is 7.33. The molecule has 4 nitrogen and oxygen atoms in total. The predicted molar refractivity (Wildman–Crippen MR) is 48.0 cm³/mol. The van der Waals surface area contributed by atoms with Crippen molar-refractivity contribution < 1.29 is 9.59 Å². The number of amides is 2. The summed E-state index contributed by atoms with van der Waals surface area (Å²) in [6.45, 7) is 6.59. The van der Waals surface area contributed by atoms with Gasteiger partial charge >= 0.3 is 0 Å². The molecule has 0 fully saturated rings. The van der Waals surface area contributed by atoms with Crippen LogP contribution in [0.1, 0.15) is 13.8 Å². The maximum absolute atomic E-state index is 9.82. The highest BCUT2D eigenvalue weighted by molar-refractivity contribution is 5.90. The van der Waals surface area contributed by atoms with Gasteiger partial charge in [-0.05, 0) is 19.9 Å². The fourth-order valence-electron chi connectivity index (χ4n) is 0.164. The summed E-state index contributed by atoms with van der Waals surface area (Å²) in [5.74, 6) is -0.826. The fraction of sp³-hybridized carbons (Fsp3) is 0.250. The molecule has 0 aliphatic heterocycles. The molecular weight excluding hydrogens is 156 g/mol. The Balaban J connectivity index is 0. The molecule has 0 saturated heterocycles. The predicted octanol–water partition coefficient (Wildman–Crippen LogP) is 0.0956. The van der Waals surface area contributed by atoms with E-state index in [4.69, 9.17) is 5.73 Å². The Morgan fingerprint density at radius 2 is 1.67 bits per heavy atom. The van der Waals surface area contributed by atoms with Gasteiger partial charge in [0.05, 0.1) is 0 Å². The molecule has 4 N–H and O–H groups in total. The fourth-order valence-corrected chi connectivity index (χ4v) is 0.164. The van der Waals surface area contributed by atoms with Gasteiger partial charge in [0, 0.05) is 5.57 Å². The first kappa shape index (κ1) is 13.0. The van der Waals surface area contributed by atoms with E-state index in [0.29, 0.717) is 5.57 Å². The van der Waals surface area contributed by atoms with Gasteiger partial charge in [-0.25, -0.2) is 0 Å². The first-order chi connectivity index (χ1) is 5.41. The maximum atomic E-state index is 9.82. The Kier molecular flexibility index (Phi) is 8.18. The number of rotatable bonds is 2. The van der Waals surface area contributed by atoms with Crippen molar-refractivity contribution in [1.29, 1.82) is 0 Å². The second-order valence-corrected chi connectivity index (χ2v) is 2.05. The zero-order valence-corrected chi connectivity index (χ0v) is 7.33. The van der Waals surface area contributed by atoms with Crippen LogP contribution >= 0.6 is 0 Å². The molecule has 0 aromatic rings. The number of nitrogens with two attached hydrogens (primary N) is 2. The number of allylic oxidation sites excluding steroid dienone is 1. The topological polar surface area (TPSA) is 86.2 Å². The largest absolute Gasteiger partial charge is 0.366 e. The Labute approximate surface area is 71.9 Å². The van der Waals surface area contributed by atoms with Gasteiger partial charge in [0.1, 0.15) is 0 Å². The summed E-state index contributed by atoms with van der Waals surface area (Å²) >= 11 is 0. The van der Waals surface area contributed by atoms with Gasteiger partial charge in [-0.15, -0.1) is 0 Å². The summed E-state index contributed by atoms with van der Waals surface area (Å²) in [4.78, 5) is 19.6. The van der Waals surface area contributed by atoms with E-state index in [-0.39, 0.29) is 0 Å². The van der Waals surface area contributed by atoms with E-state index in [1.165, 1.54) is 6.08 Å². The molecule has 0 radical (unpaired) electrons. The molecule has 0 rings (SSSR count). The minimum atomic E-state index is -0.435. The van der Waals surface area contributed by atoms with Crippen LogP contribution in [0.25, 0.3) is 0 Å². The lowest BCUT2D eigenvalue weighted by Gasteiger charge is -1.81. The SMILES string of the molecule is C=C(C)C(N)=O.CC=CC(N)=O. The molecule has 0 saturated carbocycles. The molecule has 0 spiro atoms. The number of carbonyl (C=O) groups is 2. The summed E-state index contributed by atoms with van der Waals surface area (Å²) in [7, 11) is 0. The molecule has 0 heterocycles. The van der Waals surface area contributed by atoms with E-state index in [0.717, 1.165) is 0 Å². The Morgan fingerprint density at radius 1 is 1.33 bits per heavy atom. The lowest BCUT2D eigenvalue weighted by atomic mass is 10.3. The van der Waals surface area contributed by atoms with Crippen molar-refractivity contribution in [3.8, 4) is 0 Å². The maximum Gasteiger partial charge on any atom is 0.243 e. The summed E-state index contributed by atoms with van der Waals surface area (Å²) in [5.41, 5.74) is 9.77. The van der Waals surface area contributed by atoms with Gasteiger partial charge in [0.25, 0.3) is 0 Å². The van der Waals surface area contributed by atoms with Crippen molar-refractivity contribution >= 4 is 11.8 Å². The minimum Gasteiger partial charge on any atom is -0.366 e. The van der Waals surface area contributed by atoms with Gasteiger partial charge in [-0.1, -0.05) is 12.7 Å². The van der Waals surface area contributed by atoms with E-state index in [1.807, 2.05) is 0 Å². The van der Waals surface area contributed by atoms with Crippen molar-refractivity contribution in [2.75, 3.05) is 0 Å². The molecular formula is C8H14N2O2. The second-order valence-electron chi connectivity index (χ2n) is 2.05. The molecule has 0 aliphatic carbocycles. The minimum absolute atomic E-state index is 0.391. The van der Waals surface area contributed by atoms with Crippen LogP contribution in [-0.2, 0) is 9.59 Å². The summed E-state index contributed by atoms with van der Waals surface area (Å²) in [6.07, 6.45) is 2.91. The average molecular weight is 170 g/mol. The van der Waals surface area contributed by atoms with Gasteiger partial charge in [0.15, 0.2) is 0 Å². The van der Waals surface area contributed by atoms with Crippen LogP contribution in [-0.4, -0.2) is 11.8 Å². The third kappa shape index (κ3) is 15.8. The van der Waals surface area contributed by atoms with E-state index in [2.05, 4.69) is 12.3 Å². The van der Waals surface area contributed by atoms with Crippen LogP contribution < -0.4 is 11.5 Å². The molecule has 0 unspecified atom stereocenters. The van der Waals surface area contributed by atoms with Crippen LogP contribution in [0.5, 0.6) is 0 Å². The lowest BCUT2D eigenvalue weighted by molar-refractivity contribution is -0.115. The lowest BCUT2D eigenvalue weighted by Crippen LogP contribution is -2.10. The van der Waals surface area contributed by atoms with E-state index < -0.39 is 11.8 Å². The van der Waals surface area contributed by atoms with Gasteiger partial charge in [-0.2, -0.15) is 0 Å². The van der Waals surface area contributed by atoms with Crippen molar-refractivity contribution in [1.82, 2.24) is 0 Å². The molecule has 12 heavy (non-hydrogen) atoms. The summed E-state index contributed by atoms with van der Waals surface area (Å²) in [6, 6.07) is 0. The Bertz CT molecular complexity index is 195. The van der Waals surface area contributed by atoms with Crippen molar-refractivity contribution in [2.24, 2.45) is 11.5 Å². The molecule has 0 aliphatic rings. The normalized spacial score (nSPS) is 8.50. The second kappa shape index (κ2) is 7.53. The highest BCUT2D eigenvalue weighted by atomic mass is 16.1. The average Bonchev–Trinajstić information content (AvgIpc) is 1.87.